The second kappa shape index (κ2) is 5.59. The van der Waals surface area contributed by atoms with Gasteiger partial charge in [-0.25, -0.2) is 9.78 Å². The molecule has 0 bridgehead atoms. The minimum Gasteiger partial charge on any atom is -0.455 e. The lowest BCUT2D eigenvalue weighted by Gasteiger charge is -2.05. The molecular weight excluding hydrogens is 291 g/mol. The lowest BCUT2D eigenvalue weighted by molar-refractivity contribution is 0.0465. The van der Waals surface area contributed by atoms with Crippen LogP contribution in [0, 0.1) is 13.8 Å². The van der Waals surface area contributed by atoms with Gasteiger partial charge in [-0.05, 0) is 26.0 Å². The molecule has 0 fully saturated rings. The predicted octanol–water partition coefficient (Wildman–Crippen LogP) is 3.35. The first kappa shape index (κ1) is 13.8. The van der Waals surface area contributed by atoms with Crippen LogP contribution in [0.5, 0.6) is 0 Å². The third-order valence-corrected chi connectivity index (χ3v) is 3.02. The third-order valence-electron chi connectivity index (χ3n) is 2.46. The molecule has 2 aromatic rings. The number of esters is 1. The van der Waals surface area contributed by atoms with Crippen molar-refractivity contribution in [3.63, 3.8) is 0 Å². The van der Waals surface area contributed by atoms with Crippen LogP contribution >= 0.6 is 23.2 Å². The number of aromatic nitrogens is 2. The van der Waals surface area contributed by atoms with Gasteiger partial charge in [0.2, 0.25) is 0 Å². The molecule has 5 nitrogen and oxygen atoms in total. The molecule has 2 aromatic heterocycles. The Bertz CT molecular complexity index is 606. The van der Waals surface area contributed by atoms with Crippen molar-refractivity contribution >= 4 is 29.2 Å². The van der Waals surface area contributed by atoms with E-state index < -0.39 is 5.97 Å². The second-order valence-corrected chi connectivity index (χ2v) is 4.63. The first-order chi connectivity index (χ1) is 8.99. The van der Waals surface area contributed by atoms with Gasteiger partial charge in [0.15, 0.2) is 0 Å². The van der Waals surface area contributed by atoms with E-state index in [1.54, 1.807) is 26.0 Å². The summed E-state index contributed by atoms with van der Waals surface area (Å²) in [6.45, 7) is 3.24. The molecular formula is C12H10Cl2N2O3. The van der Waals surface area contributed by atoms with Crippen molar-refractivity contribution in [3.8, 4) is 0 Å². The standard InChI is InChI=1S/C12H10Cl2N2O3/c1-6-11(7(2)19-16-6)12(17)18-5-9-8(13)3-4-10(14)15-9/h3-4H,5H2,1-2H3. The van der Waals surface area contributed by atoms with Gasteiger partial charge in [-0.3, -0.25) is 0 Å². The topological polar surface area (TPSA) is 65.2 Å². The Morgan fingerprint density at radius 3 is 2.74 bits per heavy atom. The largest absolute Gasteiger partial charge is 0.455 e. The fraction of sp³-hybridized carbons (Fsp3) is 0.250. The molecule has 0 spiro atoms. The molecule has 0 aliphatic carbocycles. The maximum absolute atomic E-state index is 11.9. The van der Waals surface area contributed by atoms with Crippen LogP contribution < -0.4 is 0 Å². The minimum absolute atomic E-state index is 0.0672. The van der Waals surface area contributed by atoms with E-state index in [1.165, 1.54) is 0 Å². The van der Waals surface area contributed by atoms with Crippen LogP contribution in [-0.2, 0) is 11.3 Å². The molecule has 0 aliphatic rings. The van der Waals surface area contributed by atoms with Crippen LogP contribution in [0.25, 0.3) is 0 Å². The summed E-state index contributed by atoms with van der Waals surface area (Å²) >= 11 is 11.7. The highest BCUT2D eigenvalue weighted by molar-refractivity contribution is 6.32. The number of rotatable bonds is 3. The highest BCUT2D eigenvalue weighted by atomic mass is 35.5. The molecule has 7 heteroatoms. The molecule has 0 saturated carbocycles. The highest BCUT2D eigenvalue weighted by Gasteiger charge is 2.19. The van der Waals surface area contributed by atoms with Gasteiger partial charge in [-0.15, -0.1) is 0 Å². The monoisotopic (exact) mass is 300 g/mol. The zero-order chi connectivity index (χ0) is 14.0. The molecule has 0 saturated heterocycles. The summed E-state index contributed by atoms with van der Waals surface area (Å²) in [7, 11) is 0. The van der Waals surface area contributed by atoms with Crippen LogP contribution in [0.3, 0.4) is 0 Å². The summed E-state index contributed by atoms with van der Waals surface area (Å²) in [4.78, 5) is 15.9. The summed E-state index contributed by atoms with van der Waals surface area (Å²) in [5.41, 5.74) is 1.19. The number of hydrogen-bond donors (Lipinski definition) is 0. The van der Waals surface area contributed by atoms with Gasteiger partial charge in [-0.1, -0.05) is 28.4 Å². The number of hydrogen-bond acceptors (Lipinski definition) is 5. The van der Waals surface area contributed by atoms with Gasteiger partial charge in [0.1, 0.15) is 23.1 Å². The number of aryl methyl sites for hydroxylation is 2. The lowest BCUT2D eigenvalue weighted by Crippen LogP contribution is -2.08. The number of ether oxygens (including phenoxy) is 1. The van der Waals surface area contributed by atoms with Gasteiger partial charge in [0, 0.05) is 0 Å². The lowest BCUT2D eigenvalue weighted by atomic mass is 10.2. The van der Waals surface area contributed by atoms with Gasteiger partial charge in [0.05, 0.1) is 16.4 Å². The molecule has 0 N–H and O–H groups in total. The minimum atomic E-state index is -0.533. The Labute approximate surface area is 119 Å². The van der Waals surface area contributed by atoms with Crippen molar-refractivity contribution < 1.29 is 14.1 Å². The quantitative estimate of drug-likeness (QED) is 0.642. The van der Waals surface area contributed by atoms with Crippen molar-refractivity contribution in [1.82, 2.24) is 10.1 Å². The van der Waals surface area contributed by atoms with E-state index in [0.717, 1.165) is 0 Å². The molecule has 0 atom stereocenters. The Morgan fingerprint density at radius 2 is 2.11 bits per heavy atom. The van der Waals surface area contributed by atoms with Crippen molar-refractivity contribution in [2.45, 2.75) is 20.5 Å². The van der Waals surface area contributed by atoms with E-state index in [9.17, 15) is 4.79 Å². The van der Waals surface area contributed by atoms with E-state index in [-0.39, 0.29) is 11.8 Å². The fourth-order valence-corrected chi connectivity index (χ4v) is 1.86. The zero-order valence-electron chi connectivity index (χ0n) is 10.2. The number of pyridine rings is 1. The molecule has 0 amide bonds. The van der Waals surface area contributed by atoms with E-state index in [0.29, 0.717) is 27.7 Å². The Hall–Kier alpha value is -1.59. The van der Waals surface area contributed by atoms with E-state index in [1.807, 2.05) is 0 Å². The van der Waals surface area contributed by atoms with Crippen LogP contribution in [-0.4, -0.2) is 16.1 Å². The summed E-state index contributed by atoms with van der Waals surface area (Å²) in [5, 5.41) is 4.36. The van der Waals surface area contributed by atoms with Crippen molar-refractivity contribution in [2.75, 3.05) is 0 Å². The Morgan fingerprint density at radius 1 is 1.37 bits per heavy atom. The zero-order valence-corrected chi connectivity index (χ0v) is 11.7. The average Bonchev–Trinajstić information content (AvgIpc) is 2.70. The van der Waals surface area contributed by atoms with Gasteiger partial charge in [0.25, 0.3) is 0 Å². The third kappa shape index (κ3) is 3.05. The second-order valence-electron chi connectivity index (χ2n) is 3.84. The average molecular weight is 301 g/mol. The maximum Gasteiger partial charge on any atom is 0.344 e. The van der Waals surface area contributed by atoms with E-state index >= 15 is 0 Å². The van der Waals surface area contributed by atoms with Crippen LogP contribution in [0.1, 0.15) is 27.5 Å². The smallest absolute Gasteiger partial charge is 0.344 e. The van der Waals surface area contributed by atoms with E-state index in [4.69, 9.17) is 32.5 Å². The van der Waals surface area contributed by atoms with Crippen LogP contribution in [0.2, 0.25) is 10.2 Å². The SMILES string of the molecule is Cc1noc(C)c1C(=O)OCc1nc(Cl)ccc1Cl. The summed E-state index contributed by atoms with van der Waals surface area (Å²) in [6, 6.07) is 3.15. The first-order valence-corrected chi connectivity index (χ1v) is 6.15. The molecule has 0 aliphatic heterocycles. The maximum atomic E-state index is 11.9. The number of halogens is 2. The van der Waals surface area contributed by atoms with Gasteiger partial charge >= 0.3 is 5.97 Å². The molecule has 0 unspecified atom stereocenters. The van der Waals surface area contributed by atoms with Crippen molar-refractivity contribution in [1.29, 1.82) is 0 Å². The Kier molecular flexibility index (Phi) is 4.07. The highest BCUT2D eigenvalue weighted by Crippen LogP contribution is 2.19. The molecule has 2 rings (SSSR count). The van der Waals surface area contributed by atoms with Crippen molar-refractivity contribution in [3.05, 3.63) is 45.0 Å². The summed E-state index contributed by atoms with van der Waals surface area (Å²) in [6.07, 6.45) is 0. The van der Waals surface area contributed by atoms with E-state index in [2.05, 4.69) is 10.1 Å². The van der Waals surface area contributed by atoms with Crippen LogP contribution in [0.15, 0.2) is 16.7 Å². The normalized spacial score (nSPS) is 10.5. The van der Waals surface area contributed by atoms with Gasteiger partial charge < -0.3 is 9.26 Å². The van der Waals surface area contributed by atoms with Crippen molar-refractivity contribution in [2.24, 2.45) is 0 Å². The Balaban J connectivity index is 2.11. The number of carbonyl (C=O) groups is 1. The summed E-state index contributed by atoms with van der Waals surface area (Å²) < 4.78 is 10.0. The molecule has 100 valence electrons. The predicted molar refractivity (Wildman–Crippen MR) is 69.4 cm³/mol. The fourth-order valence-electron chi connectivity index (χ4n) is 1.54. The summed E-state index contributed by atoms with van der Waals surface area (Å²) in [5.74, 6) is -0.123. The number of nitrogens with zero attached hydrogens (tertiary/aromatic N) is 2. The molecule has 19 heavy (non-hydrogen) atoms. The first-order valence-electron chi connectivity index (χ1n) is 5.40. The van der Waals surface area contributed by atoms with Gasteiger partial charge in [-0.2, -0.15) is 0 Å². The molecule has 0 radical (unpaired) electrons. The molecule has 0 aromatic carbocycles. The molecule has 2 heterocycles. The van der Waals surface area contributed by atoms with Crippen LogP contribution in [0.4, 0.5) is 0 Å². The number of carbonyl (C=O) groups excluding carboxylic acids is 1.